The zero-order valence-corrected chi connectivity index (χ0v) is 12.1. The molecule has 3 nitrogen and oxygen atoms in total. The Balaban J connectivity index is 2.35. The molecule has 0 aliphatic heterocycles. The van der Waals surface area contributed by atoms with Gasteiger partial charge in [-0.05, 0) is 17.2 Å². The highest BCUT2D eigenvalue weighted by molar-refractivity contribution is 7.35. The van der Waals surface area contributed by atoms with Gasteiger partial charge in [0, 0.05) is 16.9 Å². The lowest BCUT2D eigenvalue weighted by Gasteiger charge is -2.04. The lowest BCUT2D eigenvalue weighted by atomic mass is 10.2. The molecule has 0 saturated heterocycles. The molecule has 0 N–H and O–H groups in total. The standard InChI is InChI=1S/C13H9ClF3NO2S/c14-12-18-10(13(15,16)17)9(11(19)20)21(12)7-6-8-4-2-1-3-5-8/h1-5H,6-7H2. The minimum absolute atomic E-state index is 0.148. The van der Waals surface area contributed by atoms with Gasteiger partial charge in [-0.3, -0.25) is 0 Å². The van der Waals surface area contributed by atoms with Gasteiger partial charge in [0.1, 0.15) is 11.7 Å². The maximum absolute atomic E-state index is 12.8. The lowest BCUT2D eigenvalue weighted by Crippen LogP contribution is -2.25. The SMILES string of the molecule is O=C([O-])c1c(C(F)(F)F)nc(Cl)[s+]1CCc1ccccc1. The molecule has 0 radical (unpaired) electrons. The molecule has 0 fully saturated rings. The van der Waals surface area contributed by atoms with Crippen molar-refractivity contribution >= 4 is 28.0 Å². The quantitative estimate of drug-likeness (QED) is 0.807. The number of carbonyl (C=O) groups excluding carboxylic acids is 1. The van der Waals surface area contributed by atoms with Gasteiger partial charge in [-0.2, -0.15) is 18.2 Å². The number of carboxylic acids is 1. The van der Waals surface area contributed by atoms with Gasteiger partial charge >= 0.3 is 10.6 Å². The molecule has 1 unspecified atom stereocenters. The van der Waals surface area contributed by atoms with E-state index >= 15 is 0 Å². The summed E-state index contributed by atoms with van der Waals surface area (Å²) in [7, 11) is -1.40. The van der Waals surface area contributed by atoms with Crippen molar-refractivity contribution in [3.05, 3.63) is 50.9 Å². The first-order valence-corrected chi connectivity index (χ1v) is 7.59. The van der Waals surface area contributed by atoms with E-state index in [0.717, 1.165) is 5.56 Å². The Morgan fingerprint density at radius 3 is 2.43 bits per heavy atom. The van der Waals surface area contributed by atoms with Crippen molar-refractivity contribution in [1.29, 1.82) is 0 Å². The van der Waals surface area contributed by atoms with Crippen LogP contribution in [0.25, 0.3) is 0 Å². The predicted octanol–water partition coefficient (Wildman–Crippen LogP) is 3.11. The fraction of sp³-hybridized carbons (Fsp3) is 0.231. The summed E-state index contributed by atoms with van der Waals surface area (Å²) in [6.07, 6.45) is -4.46. The van der Waals surface area contributed by atoms with E-state index in [1.54, 1.807) is 24.3 Å². The molecule has 2 rings (SSSR count). The number of aromatic carboxylic acids is 1. The zero-order valence-electron chi connectivity index (χ0n) is 10.5. The molecule has 0 bridgehead atoms. The summed E-state index contributed by atoms with van der Waals surface area (Å²) in [5.74, 6) is -1.73. The Morgan fingerprint density at radius 2 is 1.90 bits per heavy atom. The van der Waals surface area contributed by atoms with Crippen molar-refractivity contribution in [3.63, 3.8) is 0 Å². The Kier molecular flexibility index (Phi) is 4.53. The number of hydrogen-bond acceptors (Lipinski definition) is 3. The molecule has 112 valence electrons. The molecule has 1 aromatic carbocycles. The summed E-state index contributed by atoms with van der Waals surface area (Å²) in [4.78, 5) is 13.4. The summed E-state index contributed by atoms with van der Waals surface area (Å²) >= 11 is 5.71. The summed E-state index contributed by atoms with van der Waals surface area (Å²) in [6, 6.07) is 9.00. The highest BCUT2D eigenvalue weighted by atomic mass is 35.5. The molecular formula is C13H9ClF3NO2S. The second kappa shape index (κ2) is 6.03. The van der Waals surface area contributed by atoms with E-state index in [2.05, 4.69) is 4.98 Å². The van der Waals surface area contributed by atoms with E-state index in [1.807, 2.05) is 6.07 Å². The molecule has 8 heteroatoms. The monoisotopic (exact) mass is 335 g/mol. The molecule has 0 amide bonds. The fourth-order valence-electron chi connectivity index (χ4n) is 1.83. The molecule has 21 heavy (non-hydrogen) atoms. The summed E-state index contributed by atoms with van der Waals surface area (Å²) in [5, 5.41) is 11.0. The van der Waals surface area contributed by atoms with Crippen LogP contribution in [0.5, 0.6) is 0 Å². The third kappa shape index (κ3) is 3.54. The Bertz CT molecular complexity index is 655. The van der Waals surface area contributed by atoms with Crippen molar-refractivity contribution in [2.45, 2.75) is 18.3 Å². The maximum Gasteiger partial charge on any atom is 0.439 e. The van der Waals surface area contributed by atoms with Gasteiger partial charge in [-0.25, -0.2) is 0 Å². The van der Waals surface area contributed by atoms with Gasteiger partial charge in [0.25, 0.3) is 0 Å². The van der Waals surface area contributed by atoms with Gasteiger partial charge in [-0.15, -0.1) is 0 Å². The van der Waals surface area contributed by atoms with Crippen LogP contribution in [0.15, 0.2) is 30.3 Å². The van der Waals surface area contributed by atoms with Gasteiger partial charge in [-0.1, -0.05) is 30.3 Å². The van der Waals surface area contributed by atoms with Crippen molar-refractivity contribution in [1.82, 2.24) is 4.98 Å². The minimum Gasteiger partial charge on any atom is -0.540 e. The van der Waals surface area contributed by atoms with E-state index in [9.17, 15) is 23.1 Å². The third-order valence-corrected chi connectivity index (χ3v) is 5.36. The second-order valence-electron chi connectivity index (χ2n) is 4.16. The van der Waals surface area contributed by atoms with Gasteiger partial charge in [0.05, 0.1) is 0 Å². The summed E-state index contributed by atoms with van der Waals surface area (Å²) in [5.41, 5.74) is -0.573. The summed E-state index contributed by atoms with van der Waals surface area (Å²) in [6.45, 7) is 0. The van der Waals surface area contributed by atoms with Crippen molar-refractivity contribution in [2.75, 3.05) is 0 Å². The van der Waals surface area contributed by atoms with E-state index < -0.39 is 33.2 Å². The number of halogens is 4. The predicted molar refractivity (Wildman–Crippen MR) is 71.2 cm³/mol. The van der Waals surface area contributed by atoms with Gasteiger partial charge < -0.3 is 9.90 Å². The number of hydrogen-bond donors (Lipinski definition) is 0. The van der Waals surface area contributed by atoms with E-state index in [0.29, 0.717) is 6.42 Å². The van der Waals surface area contributed by atoms with E-state index in [1.165, 1.54) is 0 Å². The molecule has 0 aliphatic carbocycles. The third-order valence-electron chi connectivity index (χ3n) is 2.76. The average molecular weight is 336 g/mol. The van der Waals surface area contributed by atoms with Crippen LogP contribution < -0.4 is 5.11 Å². The zero-order chi connectivity index (χ0) is 15.6. The van der Waals surface area contributed by atoms with Crippen LogP contribution in [-0.2, 0) is 18.3 Å². The topological polar surface area (TPSA) is 53.0 Å². The number of aryl methyl sites for hydroxylation is 1. The van der Waals surface area contributed by atoms with E-state index in [4.69, 9.17) is 11.6 Å². The van der Waals surface area contributed by atoms with Crippen molar-refractivity contribution in [2.24, 2.45) is 0 Å². The van der Waals surface area contributed by atoms with Crippen LogP contribution in [0.3, 0.4) is 0 Å². The Morgan fingerprint density at radius 1 is 1.29 bits per heavy atom. The number of carbonyl (C=O) groups is 1. The smallest absolute Gasteiger partial charge is 0.439 e. The minimum atomic E-state index is -4.86. The average Bonchev–Trinajstić information content (AvgIpc) is 2.75. The maximum atomic E-state index is 12.8. The highest BCUT2D eigenvalue weighted by Gasteiger charge is 2.44. The Hall–Kier alpha value is -1.60. The number of rotatable bonds is 4. The molecule has 0 spiro atoms. The molecule has 0 aliphatic rings. The van der Waals surface area contributed by atoms with Crippen LogP contribution in [-0.4, -0.2) is 11.0 Å². The fourth-order valence-corrected chi connectivity index (χ4v) is 4.16. The number of benzene rings is 1. The normalized spacial score (nSPS) is 12.5. The van der Waals surface area contributed by atoms with Crippen LogP contribution >= 0.6 is 22.1 Å². The number of alkyl halides is 3. The van der Waals surface area contributed by atoms with Crippen molar-refractivity contribution < 1.29 is 23.1 Å². The highest BCUT2D eigenvalue weighted by Crippen LogP contribution is 2.43. The molecular weight excluding hydrogens is 327 g/mol. The molecule has 2 aromatic rings. The van der Waals surface area contributed by atoms with Crippen LogP contribution in [0.4, 0.5) is 13.2 Å². The summed E-state index contributed by atoms with van der Waals surface area (Å²) < 4.78 is 38.0. The molecule has 1 atom stereocenters. The van der Waals surface area contributed by atoms with Crippen LogP contribution in [0, 0.1) is 0 Å². The van der Waals surface area contributed by atoms with Gasteiger partial charge in [0.15, 0.2) is 0 Å². The molecule has 1 aromatic heterocycles. The largest absolute Gasteiger partial charge is 0.540 e. The van der Waals surface area contributed by atoms with Gasteiger partial charge in [0.2, 0.25) is 10.6 Å². The first kappa shape index (κ1) is 15.8. The lowest BCUT2D eigenvalue weighted by molar-refractivity contribution is -0.255. The number of thiazole rings is 1. The molecule has 1 heterocycles. The molecule has 0 saturated carbocycles. The number of aromatic nitrogens is 1. The second-order valence-corrected chi connectivity index (χ2v) is 6.72. The first-order chi connectivity index (χ1) is 9.80. The first-order valence-electron chi connectivity index (χ1n) is 5.82. The van der Waals surface area contributed by atoms with Crippen molar-refractivity contribution in [3.8, 4) is 0 Å². The number of nitrogens with zero attached hydrogens (tertiary/aromatic N) is 1. The van der Waals surface area contributed by atoms with E-state index in [-0.39, 0.29) is 10.2 Å². The number of carboxylic acid groups (broad SMARTS) is 1. The van der Waals surface area contributed by atoms with Crippen LogP contribution in [0.1, 0.15) is 20.9 Å². The van der Waals surface area contributed by atoms with Crippen LogP contribution in [0.2, 0.25) is 4.47 Å². The Labute approximate surface area is 126 Å².